The first-order chi connectivity index (χ1) is 24.4. The van der Waals surface area contributed by atoms with Crippen LogP contribution in [0.3, 0.4) is 0 Å². The molecule has 1 aromatic carbocycles. The molecule has 12 nitrogen and oxygen atoms in total. The minimum Gasteiger partial charge on any atom is -0.475 e. The molecule has 3 aliphatic rings. The van der Waals surface area contributed by atoms with E-state index in [9.17, 15) is 19.1 Å². The molecule has 1 N–H and O–H groups in total. The molecule has 0 spiro atoms. The lowest BCUT2D eigenvalue weighted by Gasteiger charge is -2.48. The molecule has 5 rings (SSSR count). The van der Waals surface area contributed by atoms with Crippen LogP contribution in [0.2, 0.25) is 18.1 Å². The van der Waals surface area contributed by atoms with Crippen LogP contribution in [0.5, 0.6) is 11.8 Å². The molecule has 5 atom stereocenters. The van der Waals surface area contributed by atoms with Crippen LogP contribution < -0.4 is 14.4 Å². The second kappa shape index (κ2) is 16.4. The molecule has 2 amide bonds. The van der Waals surface area contributed by atoms with Crippen molar-refractivity contribution in [2.75, 3.05) is 64.1 Å². The van der Waals surface area contributed by atoms with E-state index in [0.717, 1.165) is 11.1 Å². The van der Waals surface area contributed by atoms with Gasteiger partial charge in [0.1, 0.15) is 24.7 Å². The number of hydrogen-bond donors (Lipinski definition) is 1. The molecule has 2 fully saturated rings. The highest BCUT2D eigenvalue weighted by molar-refractivity contribution is 6.74. The maximum absolute atomic E-state index is 14.5. The van der Waals surface area contributed by atoms with Crippen LogP contribution in [0.4, 0.5) is 14.9 Å². The zero-order valence-electron chi connectivity index (χ0n) is 32.4. The molecule has 0 aliphatic carbocycles. The average molecular weight is 744 g/mol. The van der Waals surface area contributed by atoms with Gasteiger partial charge in [-0.3, -0.25) is 14.6 Å². The summed E-state index contributed by atoms with van der Waals surface area (Å²) in [5.41, 5.74) is 2.16. The van der Waals surface area contributed by atoms with Gasteiger partial charge in [-0.25, -0.2) is 9.18 Å². The van der Waals surface area contributed by atoms with Crippen molar-refractivity contribution in [1.82, 2.24) is 19.7 Å². The molecule has 2 aromatic rings. The second-order valence-electron chi connectivity index (χ2n) is 16.3. The highest BCUT2D eigenvalue weighted by Crippen LogP contribution is 2.39. The Labute approximate surface area is 309 Å². The number of piperazine rings is 1. The molecule has 1 aromatic heterocycles. The van der Waals surface area contributed by atoms with Crippen molar-refractivity contribution < 1.29 is 37.7 Å². The van der Waals surface area contributed by atoms with Gasteiger partial charge in [0.25, 0.3) is 0 Å². The largest absolute Gasteiger partial charge is 0.475 e. The predicted molar refractivity (Wildman–Crippen MR) is 201 cm³/mol. The lowest BCUT2D eigenvalue weighted by Crippen LogP contribution is -2.65. The Kier molecular flexibility index (Phi) is 12.6. The van der Waals surface area contributed by atoms with Crippen molar-refractivity contribution in [2.45, 2.75) is 103 Å². The first kappa shape index (κ1) is 39.9. The fraction of sp³-hybridized carbons (Fsp3) is 0.658. The molecule has 2 saturated heterocycles. The smallest absolute Gasteiger partial charge is 0.407 e. The van der Waals surface area contributed by atoms with E-state index in [-0.39, 0.29) is 66.7 Å². The van der Waals surface area contributed by atoms with E-state index in [1.165, 1.54) is 17.0 Å². The van der Waals surface area contributed by atoms with Gasteiger partial charge >= 0.3 is 6.09 Å². The fourth-order valence-corrected chi connectivity index (χ4v) is 8.06. The number of hydrogen-bond acceptors (Lipinski definition) is 9. The minimum absolute atomic E-state index is 0.0621. The summed E-state index contributed by atoms with van der Waals surface area (Å²) < 4.78 is 38.3. The summed E-state index contributed by atoms with van der Waals surface area (Å²) in [5.74, 6) is 0.259. The van der Waals surface area contributed by atoms with Crippen LogP contribution in [0, 0.1) is 5.82 Å². The lowest BCUT2D eigenvalue weighted by molar-refractivity contribution is -0.122. The van der Waals surface area contributed by atoms with Gasteiger partial charge in [0.05, 0.1) is 32.4 Å². The van der Waals surface area contributed by atoms with E-state index in [1.54, 1.807) is 17.0 Å². The predicted octanol–water partition coefficient (Wildman–Crippen LogP) is 5.49. The van der Waals surface area contributed by atoms with Gasteiger partial charge in [-0.15, -0.1) is 0 Å². The highest BCUT2D eigenvalue weighted by Gasteiger charge is 2.41. The number of morpholine rings is 1. The van der Waals surface area contributed by atoms with Gasteiger partial charge in [0.15, 0.2) is 8.32 Å². The third-order valence-corrected chi connectivity index (χ3v) is 15.7. The monoisotopic (exact) mass is 743 g/mol. The van der Waals surface area contributed by atoms with Crippen LogP contribution in [0.1, 0.15) is 59.6 Å². The molecule has 0 radical (unpaired) electrons. The molecule has 0 bridgehead atoms. The van der Waals surface area contributed by atoms with Crippen molar-refractivity contribution in [3.05, 3.63) is 47.3 Å². The number of carboxylic acid groups (broad SMARTS) is 1. The van der Waals surface area contributed by atoms with Gasteiger partial charge in [-0.2, -0.15) is 4.98 Å². The summed E-state index contributed by atoms with van der Waals surface area (Å²) in [6, 6.07) is 7.82. The summed E-state index contributed by atoms with van der Waals surface area (Å²) in [7, 11) is -1.98. The maximum Gasteiger partial charge on any atom is 0.407 e. The number of nitrogens with zero attached hydrogens (tertiary/aromatic N) is 5. The highest BCUT2D eigenvalue weighted by atomic mass is 28.4. The lowest BCUT2D eigenvalue weighted by atomic mass is 10.0. The van der Waals surface area contributed by atoms with Crippen molar-refractivity contribution >= 4 is 26.0 Å². The minimum atomic E-state index is -1.98. The number of halogens is 1. The van der Waals surface area contributed by atoms with Gasteiger partial charge < -0.3 is 33.5 Å². The zero-order chi connectivity index (χ0) is 38.0. The summed E-state index contributed by atoms with van der Waals surface area (Å²) >= 11 is 0. The van der Waals surface area contributed by atoms with Crippen molar-refractivity contribution in [3.8, 4) is 11.8 Å². The number of aromatic nitrogens is 1. The Hall–Kier alpha value is -3.30. The van der Waals surface area contributed by atoms with Crippen LogP contribution in [-0.4, -0.2) is 135 Å². The number of carbonyl (C=O) groups excluding carboxylic acids is 1. The normalized spacial score (nSPS) is 24.7. The van der Waals surface area contributed by atoms with Crippen LogP contribution in [-0.2, 0) is 20.4 Å². The molecule has 3 aliphatic heterocycles. The van der Waals surface area contributed by atoms with E-state index in [2.05, 4.69) is 57.5 Å². The van der Waals surface area contributed by atoms with Gasteiger partial charge in [0, 0.05) is 55.8 Å². The average Bonchev–Trinajstić information content (AvgIpc) is 3.06. The number of pyridine rings is 1. The second-order valence-corrected chi connectivity index (χ2v) is 21.1. The number of amides is 2. The Morgan fingerprint density at radius 1 is 0.981 bits per heavy atom. The van der Waals surface area contributed by atoms with Gasteiger partial charge in [-0.1, -0.05) is 32.9 Å². The number of benzene rings is 1. The molecule has 0 unspecified atom stereocenters. The van der Waals surface area contributed by atoms with E-state index in [1.807, 2.05) is 19.9 Å². The first-order valence-electron chi connectivity index (χ1n) is 18.5. The molecular formula is C38H58FN5O7Si. The Morgan fingerprint density at radius 3 is 2.29 bits per heavy atom. The van der Waals surface area contributed by atoms with Crippen molar-refractivity contribution in [2.24, 2.45) is 0 Å². The van der Waals surface area contributed by atoms with E-state index in [0.29, 0.717) is 63.3 Å². The summed E-state index contributed by atoms with van der Waals surface area (Å²) in [6.45, 7) is 22.7. The number of rotatable bonds is 11. The third kappa shape index (κ3) is 9.25. The Bertz CT molecular complexity index is 1550. The summed E-state index contributed by atoms with van der Waals surface area (Å²) in [6.07, 6.45) is -0.547. The van der Waals surface area contributed by atoms with Crippen LogP contribution >= 0.6 is 0 Å². The Morgan fingerprint density at radius 2 is 1.65 bits per heavy atom. The van der Waals surface area contributed by atoms with Crippen LogP contribution in [0.25, 0.3) is 0 Å². The van der Waals surface area contributed by atoms with E-state index >= 15 is 0 Å². The van der Waals surface area contributed by atoms with Crippen molar-refractivity contribution in [1.29, 1.82) is 0 Å². The first-order valence-corrected chi connectivity index (χ1v) is 21.4. The SMILES string of the molecule is C[C@@H]1CN(CC(=O)N2c3cc(Cc4ccc(F)cc4)c(OCCO[Si](C)(C)C(C)(C)C)nc3OC[C@@H]2C)[C@@H](CN2[C@H](C)COC[C@H]2C)CN1C(=O)O. The maximum atomic E-state index is 14.5. The van der Waals surface area contributed by atoms with E-state index in [4.69, 9.17) is 23.6 Å². The number of ether oxygens (including phenoxy) is 3. The zero-order valence-corrected chi connectivity index (χ0v) is 33.4. The van der Waals surface area contributed by atoms with Gasteiger partial charge in [0.2, 0.25) is 17.7 Å². The third-order valence-electron chi connectivity index (χ3n) is 11.1. The van der Waals surface area contributed by atoms with Gasteiger partial charge in [-0.05, 0) is 69.6 Å². The quantitative estimate of drug-likeness (QED) is 0.234. The number of fused-ring (bicyclic) bond motifs is 1. The molecule has 52 heavy (non-hydrogen) atoms. The molecule has 0 saturated carbocycles. The number of carbonyl (C=O) groups is 2. The standard InChI is InChI=1S/C38H58FN5O7Si/c1-25-18-41(32(20-43(25)37(46)47)19-42-26(2)22-48-23-27(42)3)21-34(45)44-28(4)24-50-36-33(44)17-30(16-29-10-12-31(39)13-11-29)35(40-36)49-14-15-51-52(8,9)38(5,6)7/h10-13,17,25-28,32H,14-16,18-24H2,1-9H3,(H,46,47)/t25-,26-,27-,28+,32+/m1/s1. The summed E-state index contributed by atoms with van der Waals surface area (Å²) in [4.78, 5) is 39.2. The summed E-state index contributed by atoms with van der Waals surface area (Å²) in [5, 5.41) is 10.1. The van der Waals surface area contributed by atoms with Crippen LogP contribution in [0.15, 0.2) is 30.3 Å². The molecule has 4 heterocycles. The number of anilines is 1. The molecule has 14 heteroatoms. The topological polar surface area (TPSA) is 117 Å². The Balaban J connectivity index is 1.41. The van der Waals surface area contributed by atoms with Crippen molar-refractivity contribution in [3.63, 3.8) is 0 Å². The fourth-order valence-electron chi connectivity index (χ4n) is 7.04. The van der Waals surface area contributed by atoms with E-state index < -0.39 is 14.4 Å². The molecule has 288 valence electrons. The molecular weight excluding hydrogens is 686 g/mol.